The fraction of sp³-hybridized carbons (Fsp3) is 0.412. The first kappa shape index (κ1) is 15.3. The molecule has 1 atom stereocenters. The number of hydrogen-bond acceptors (Lipinski definition) is 4. The maximum absolute atomic E-state index is 13.4. The van der Waals surface area contributed by atoms with Gasteiger partial charge >= 0.3 is 0 Å². The van der Waals surface area contributed by atoms with Crippen molar-refractivity contribution in [3.8, 4) is 0 Å². The molecule has 4 rings (SSSR count). The van der Waals surface area contributed by atoms with Crippen molar-refractivity contribution in [3.05, 3.63) is 52.6 Å². The molecule has 24 heavy (non-hydrogen) atoms. The van der Waals surface area contributed by atoms with Crippen LogP contribution >= 0.6 is 0 Å². The van der Waals surface area contributed by atoms with Crippen molar-refractivity contribution in [2.24, 2.45) is 0 Å². The number of amides is 1. The van der Waals surface area contributed by atoms with Crippen LogP contribution in [-0.4, -0.2) is 47.2 Å². The summed E-state index contributed by atoms with van der Waals surface area (Å²) < 4.78 is 19.2. The van der Waals surface area contributed by atoms with Gasteiger partial charge in [-0.15, -0.1) is 0 Å². The van der Waals surface area contributed by atoms with Crippen LogP contribution in [0.4, 0.5) is 4.39 Å². The molecule has 1 unspecified atom stereocenters. The minimum Gasteiger partial charge on any atom is -0.370 e. The number of carbonyl (C=O) groups excluding carboxylic acids is 1. The molecule has 2 aliphatic rings. The van der Waals surface area contributed by atoms with Gasteiger partial charge in [-0.05, 0) is 17.7 Å². The molecular formula is C17H19FN4O2. The third kappa shape index (κ3) is 2.81. The summed E-state index contributed by atoms with van der Waals surface area (Å²) in [6, 6.07) is 6.34. The van der Waals surface area contributed by atoms with Crippen LogP contribution in [0.15, 0.2) is 24.3 Å². The van der Waals surface area contributed by atoms with E-state index in [4.69, 9.17) is 4.74 Å². The number of nitrogens with one attached hydrogen (secondary N) is 2. The summed E-state index contributed by atoms with van der Waals surface area (Å²) in [6.07, 6.45) is 0.538. The second-order valence-electron chi connectivity index (χ2n) is 6.12. The standard InChI is InChI=1S/C17H19FN4O2/c18-12-3-1-2-11(8-12)15-10-22(6-7-24-15)17(23)16-13-9-19-5-4-14(13)20-21-16/h1-3,8,15,19H,4-7,9-10H2,(H,20,21). The molecule has 126 valence electrons. The highest BCUT2D eigenvalue weighted by molar-refractivity contribution is 5.94. The number of morpholine rings is 1. The number of aromatic amines is 1. The quantitative estimate of drug-likeness (QED) is 0.873. The van der Waals surface area contributed by atoms with Gasteiger partial charge in [0.2, 0.25) is 0 Å². The summed E-state index contributed by atoms with van der Waals surface area (Å²) in [5.41, 5.74) is 3.22. The largest absolute Gasteiger partial charge is 0.370 e. The molecule has 1 aromatic carbocycles. The lowest BCUT2D eigenvalue weighted by Crippen LogP contribution is -2.43. The van der Waals surface area contributed by atoms with E-state index < -0.39 is 0 Å². The lowest BCUT2D eigenvalue weighted by Gasteiger charge is -2.33. The monoisotopic (exact) mass is 330 g/mol. The zero-order valence-corrected chi connectivity index (χ0v) is 13.2. The van der Waals surface area contributed by atoms with Crippen LogP contribution in [0.5, 0.6) is 0 Å². The molecule has 1 fully saturated rings. The highest BCUT2D eigenvalue weighted by Gasteiger charge is 2.30. The summed E-state index contributed by atoms with van der Waals surface area (Å²) in [6.45, 7) is 2.89. The van der Waals surface area contributed by atoms with Gasteiger partial charge in [0.1, 0.15) is 11.9 Å². The van der Waals surface area contributed by atoms with Crippen LogP contribution in [-0.2, 0) is 17.7 Å². The minimum absolute atomic E-state index is 0.0964. The van der Waals surface area contributed by atoms with Gasteiger partial charge in [-0.3, -0.25) is 9.89 Å². The van der Waals surface area contributed by atoms with Gasteiger partial charge in [-0.25, -0.2) is 4.39 Å². The van der Waals surface area contributed by atoms with Gasteiger partial charge in [0.15, 0.2) is 5.69 Å². The molecule has 1 saturated heterocycles. The van der Waals surface area contributed by atoms with Gasteiger partial charge in [0.25, 0.3) is 5.91 Å². The Labute approximate surface area is 139 Å². The molecular weight excluding hydrogens is 311 g/mol. The van der Waals surface area contributed by atoms with Crippen molar-refractivity contribution in [2.45, 2.75) is 19.1 Å². The van der Waals surface area contributed by atoms with E-state index in [0.29, 0.717) is 31.9 Å². The Morgan fingerprint density at radius 2 is 2.33 bits per heavy atom. The molecule has 0 bridgehead atoms. The summed E-state index contributed by atoms with van der Waals surface area (Å²) in [7, 11) is 0. The maximum Gasteiger partial charge on any atom is 0.274 e. The SMILES string of the molecule is O=C(c1n[nH]c2c1CNCC2)N1CCOC(c2cccc(F)c2)C1. The Kier molecular flexibility index (Phi) is 4.03. The fourth-order valence-corrected chi connectivity index (χ4v) is 3.29. The summed E-state index contributed by atoms with van der Waals surface area (Å²) in [4.78, 5) is 14.6. The van der Waals surface area contributed by atoms with E-state index in [1.54, 1.807) is 11.0 Å². The van der Waals surface area contributed by atoms with E-state index in [9.17, 15) is 9.18 Å². The van der Waals surface area contributed by atoms with Gasteiger partial charge in [-0.1, -0.05) is 12.1 Å². The third-order valence-electron chi connectivity index (χ3n) is 4.58. The first-order chi connectivity index (χ1) is 11.7. The number of aromatic nitrogens is 2. The summed E-state index contributed by atoms with van der Waals surface area (Å²) in [5, 5.41) is 10.5. The van der Waals surface area contributed by atoms with Gasteiger partial charge in [-0.2, -0.15) is 5.10 Å². The van der Waals surface area contributed by atoms with Crippen LogP contribution in [0.25, 0.3) is 0 Å². The Morgan fingerprint density at radius 3 is 3.21 bits per heavy atom. The molecule has 6 nitrogen and oxygen atoms in total. The second-order valence-corrected chi connectivity index (χ2v) is 6.12. The van der Waals surface area contributed by atoms with Gasteiger partial charge in [0.05, 0.1) is 13.2 Å². The topological polar surface area (TPSA) is 70.2 Å². The fourth-order valence-electron chi connectivity index (χ4n) is 3.29. The van der Waals surface area contributed by atoms with E-state index in [2.05, 4.69) is 15.5 Å². The second kappa shape index (κ2) is 6.33. The van der Waals surface area contributed by atoms with Gasteiger partial charge in [0, 0.05) is 37.3 Å². The minimum atomic E-state index is -0.314. The first-order valence-electron chi connectivity index (χ1n) is 8.15. The Balaban J connectivity index is 1.54. The average Bonchev–Trinajstić information content (AvgIpc) is 3.05. The molecule has 1 aromatic heterocycles. The molecule has 2 aliphatic heterocycles. The lowest BCUT2D eigenvalue weighted by atomic mass is 10.0. The van der Waals surface area contributed by atoms with E-state index in [1.165, 1.54) is 12.1 Å². The van der Waals surface area contributed by atoms with Crippen LogP contribution in [0.2, 0.25) is 0 Å². The molecule has 3 heterocycles. The highest BCUT2D eigenvalue weighted by atomic mass is 19.1. The number of rotatable bonds is 2. The van der Waals surface area contributed by atoms with Crippen LogP contribution < -0.4 is 5.32 Å². The molecule has 2 aromatic rings. The summed E-state index contributed by atoms with van der Waals surface area (Å²) >= 11 is 0. The van der Waals surface area contributed by atoms with E-state index >= 15 is 0 Å². The third-order valence-corrected chi connectivity index (χ3v) is 4.58. The number of halogens is 1. The Bertz CT molecular complexity index is 761. The van der Waals surface area contributed by atoms with Crippen LogP contribution in [0, 0.1) is 5.82 Å². The summed E-state index contributed by atoms with van der Waals surface area (Å²) in [5.74, 6) is -0.395. The number of H-pyrrole nitrogens is 1. The van der Waals surface area contributed by atoms with Crippen molar-refractivity contribution < 1.29 is 13.9 Å². The predicted molar refractivity (Wildman–Crippen MR) is 85.0 cm³/mol. The zero-order chi connectivity index (χ0) is 16.5. The zero-order valence-electron chi connectivity index (χ0n) is 13.2. The van der Waals surface area contributed by atoms with Crippen LogP contribution in [0.3, 0.4) is 0 Å². The molecule has 0 saturated carbocycles. The average molecular weight is 330 g/mol. The molecule has 0 radical (unpaired) electrons. The van der Waals surface area contributed by atoms with E-state index in [-0.39, 0.29) is 17.8 Å². The lowest BCUT2D eigenvalue weighted by molar-refractivity contribution is -0.0231. The Hall–Kier alpha value is -2.25. The number of nitrogens with zero attached hydrogens (tertiary/aromatic N) is 2. The molecule has 1 amide bonds. The normalized spacial score (nSPS) is 20.7. The maximum atomic E-state index is 13.4. The number of benzene rings is 1. The number of ether oxygens (including phenoxy) is 1. The Morgan fingerprint density at radius 1 is 1.42 bits per heavy atom. The molecule has 0 aliphatic carbocycles. The molecule has 2 N–H and O–H groups in total. The number of fused-ring (bicyclic) bond motifs is 1. The van der Waals surface area contributed by atoms with Gasteiger partial charge < -0.3 is 15.0 Å². The van der Waals surface area contributed by atoms with E-state index in [1.807, 2.05) is 6.07 Å². The number of hydrogen-bond donors (Lipinski definition) is 2. The highest BCUT2D eigenvalue weighted by Crippen LogP contribution is 2.25. The number of carbonyl (C=O) groups is 1. The van der Waals surface area contributed by atoms with Crippen molar-refractivity contribution in [1.29, 1.82) is 0 Å². The van der Waals surface area contributed by atoms with Crippen molar-refractivity contribution in [3.63, 3.8) is 0 Å². The predicted octanol–water partition coefficient (Wildman–Crippen LogP) is 1.41. The molecule has 0 spiro atoms. The van der Waals surface area contributed by atoms with Crippen molar-refractivity contribution >= 4 is 5.91 Å². The van der Waals surface area contributed by atoms with Crippen LogP contribution in [0.1, 0.15) is 33.4 Å². The van der Waals surface area contributed by atoms with Crippen molar-refractivity contribution in [1.82, 2.24) is 20.4 Å². The first-order valence-corrected chi connectivity index (χ1v) is 8.15. The smallest absolute Gasteiger partial charge is 0.274 e. The van der Waals surface area contributed by atoms with E-state index in [0.717, 1.165) is 29.8 Å². The molecule has 7 heteroatoms. The van der Waals surface area contributed by atoms with Crippen molar-refractivity contribution in [2.75, 3.05) is 26.2 Å².